The van der Waals surface area contributed by atoms with E-state index in [9.17, 15) is 14.4 Å². The van der Waals surface area contributed by atoms with Crippen LogP contribution >= 0.6 is 0 Å². The Labute approximate surface area is 112 Å². The van der Waals surface area contributed by atoms with Gasteiger partial charge in [0.25, 0.3) is 5.91 Å². The van der Waals surface area contributed by atoms with Crippen molar-refractivity contribution in [2.75, 3.05) is 13.2 Å². The van der Waals surface area contributed by atoms with Gasteiger partial charge in [-0.15, -0.1) is 0 Å². The highest BCUT2D eigenvalue weighted by Crippen LogP contribution is 2.16. The van der Waals surface area contributed by atoms with Crippen LogP contribution < -0.4 is 10.6 Å². The first-order valence-corrected chi connectivity index (χ1v) is 6.23. The maximum atomic E-state index is 11.9. The lowest BCUT2D eigenvalue weighted by molar-refractivity contribution is -0.134. The van der Waals surface area contributed by atoms with E-state index in [1.165, 1.54) is 0 Å². The van der Waals surface area contributed by atoms with Crippen LogP contribution in [-0.4, -0.2) is 52.6 Å². The van der Waals surface area contributed by atoms with E-state index in [4.69, 9.17) is 5.11 Å². The molecule has 1 unspecified atom stereocenters. The number of carbonyl (C=O) groups excluding carboxylic acids is 3. The van der Waals surface area contributed by atoms with Crippen molar-refractivity contribution in [1.82, 2.24) is 15.5 Å². The van der Waals surface area contributed by atoms with Gasteiger partial charge in [0.05, 0.1) is 12.6 Å². The molecule has 0 aromatic carbocycles. The average Bonchev–Trinajstić information content (AvgIpc) is 2.48. The largest absolute Gasteiger partial charge is 0.394 e. The van der Waals surface area contributed by atoms with Gasteiger partial charge in [0.1, 0.15) is 12.1 Å². The highest BCUT2D eigenvalue weighted by Gasteiger charge is 2.44. The van der Waals surface area contributed by atoms with Crippen molar-refractivity contribution < 1.29 is 19.5 Å². The number of rotatable bonds is 5. The van der Waals surface area contributed by atoms with Gasteiger partial charge in [-0.3, -0.25) is 14.5 Å². The molecule has 0 spiro atoms. The number of urea groups is 1. The first-order valence-electron chi connectivity index (χ1n) is 6.23. The molecule has 0 aromatic rings. The predicted molar refractivity (Wildman–Crippen MR) is 68.2 cm³/mol. The Kier molecular flexibility index (Phi) is 4.52. The quantitative estimate of drug-likeness (QED) is 0.584. The molecule has 0 aliphatic carbocycles. The Hall–Kier alpha value is -1.63. The molecule has 1 rings (SSSR count). The molecule has 1 saturated heterocycles. The first-order chi connectivity index (χ1) is 8.69. The van der Waals surface area contributed by atoms with E-state index in [1.807, 2.05) is 13.8 Å². The summed E-state index contributed by atoms with van der Waals surface area (Å²) in [5.41, 5.74) is -0.980. The predicted octanol–water partition coefficient (Wildman–Crippen LogP) is -0.550. The average molecular weight is 271 g/mol. The number of hydrogen-bond acceptors (Lipinski definition) is 4. The van der Waals surface area contributed by atoms with E-state index in [1.54, 1.807) is 13.8 Å². The number of nitrogens with one attached hydrogen (secondary N) is 2. The summed E-state index contributed by atoms with van der Waals surface area (Å²) in [5.74, 6) is -0.833. The highest BCUT2D eigenvalue weighted by molar-refractivity contribution is 6.08. The van der Waals surface area contributed by atoms with Gasteiger partial charge in [-0.1, -0.05) is 13.8 Å². The molecule has 1 atom stereocenters. The number of imide groups is 1. The van der Waals surface area contributed by atoms with Gasteiger partial charge in [-0.25, -0.2) is 4.79 Å². The van der Waals surface area contributed by atoms with Crippen LogP contribution in [0.1, 0.15) is 27.7 Å². The van der Waals surface area contributed by atoms with Crippen molar-refractivity contribution in [2.45, 2.75) is 39.3 Å². The van der Waals surface area contributed by atoms with Crippen molar-refractivity contribution in [2.24, 2.45) is 5.92 Å². The molecule has 4 amide bonds. The highest BCUT2D eigenvalue weighted by atomic mass is 16.3. The summed E-state index contributed by atoms with van der Waals surface area (Å²) in [5, 5.41) is 14.2. The van der Waals surface area contributed by atoms with Crippen LogP contribution in [0.25, 0.3) is 0 Å². The van der Waals surface area contributed by atoms with Crippen LogP contribution in [0.5, 0.6) is 0 Å². The lowest BCUT2D eigenvalue weighted by Gasteiger charge is -2.21. The van der Waals surface area contributed by atoms with Crippen LogP contribution in [0.3, 0.4) is 0 Å². The second kappa shape index (κ2) is 5.56. The first kappa shape index (κ1) is 15.4. The molecule has 0 saturated carbocycles. The van der Waals surface area contributed by atoms with Crippen LogP contribution in [0.15, 0.2) is 0 Å². The van der Waals surface area contributed by atoms with Crippen molar-refractivity contribution in [3.63, 3.8) is 0 Å². The minimum atomic E-state index is -0.980. The summed E-state index contributed by atoms with van der Waals surface area (Å²) in [7, 11) is 0. The zero-order valence-corrected chi connectivity index (χ0v) is 11.7. The van der Waals surface area contributed by atoms with Crippen LogP contribution in [0.2, 0.25) is 0 Å². The fraction of sp³-hybridized carbons (Fsp3) is 0.750. The summed E-state index contributed by atoms with van der Waals surface area (Å²) >= 11 is 0. The summed E-state index contributed by atoms with van der Waals surface area (Å²) in [6.07, 6.45) is 0. The molecule has 1 fully saturated rings. The Balaban J connectivity index is 2.63. The van der Waals surface area contributed by atoms with Crippen LogP contribution in [-0.2, 0) is 9.59 Å². The Morgan fingerprint density at radius 2 is 2.00 bits per heavy atom. The topological polar surface area (TPSA) is 98.7 Å². The lowest BCUT2D eigenvalue weighted by Crippen LogP contribution is -2.47. The third-order valence-electron chi connectivity index (χ3n) is 3.09. The third kappa shape index (κ3) is 3.44. The Morgan fingerprint density at radius 1 is 1.42 bits per heavy atom. The molecule has 1 heterocycles. The zero-order chi connectivity index (χ0) is 14.8. The summed E-state index contributed by atoms with van der Waals surface area (Å²) in [4.78, 5) is 36.1. The van der Waals surface area contributed by atoms with Crippen LogP contribution in [0, 0.1) is 5.92 Å². The summed E-state index contributed by atoms with van der Waals surface area (Å²) < 4.78 is 0. The standard InChI is InChI=1S/C12H21N3O4/c1-7(2)8(6-16)13-9(17)5-15-10(18)12(3,4)14-11(15)19/h7-8,16H,5-6H2,1-4H3,(H,13,17)(H,14,19). The van der Waals surface area contributed by atoms with Gasteiger partial charge in [-0.2, -0.15) is 0 Å². The second-order valence-electron chi connectivity index (χ2n) is 5.55. The fourth-order valence-corrected chi connectivity index (χ4v) is 1.78. The van der Waals surface area contributed by atoms with E-state index in [2.05, 4.69) is 10.6 Å². The number of carbonyl (C=O) groups is 3. The van der Waals surface area contributed by atoms with Crippen molar-refractivity contribution in [3.8, 4) is 0 Å². The van der Waals surface area contributed by atoms with Gasteiger partial charge in [-0.05, 0) is 19.8 Å². The number of hydrogen-bond donors (Lipinski definition) is 3. The van der Waals surface area contributed by atoms with Crippen molar-refractivity contribution >= 4 is 17.8 Å². The van der Waals surface area contributed by atoms with E-state index in [0.717, 1.165) is 4.90 Å². The molecule has 0 bridgehead atoms. The van der Waals surface area contributed by atoms with Gasteiger partial charge >= 0.3 is 6.03 Å². The number of amides is 4. The number of aliphatic hydroxyl groups excluding tert-OH is 1. The summed E-state index contributed by atoms with van der Waals surface area (Å²) in [6.45, 7) is 6.36. The maximum absolute atomic E-state index is 11.9. The smallest absolute Gasteiger partial charge is 0.325 e. The monoisotopic (exact) mass is 271 g/mol. The van der Waals surface area contributed by atoms with E-state index < -0.39 is 23.4 Å². The molecule has 1 aliphatic heterocycles. The lowest BCUT2D eigenvalue weighted by atomic mass is 10.1. The molecule has 0 radical (unpaired) electrons. The van der Waals surface area contributed by atoms with Crippen LogP contribution in [0.4, 0.5) is 4.79 Å². The SMILES string of the molecule is CC(C)C(CO)NC(=O)CN1C(=O)NC(C)(C)C1=O. The van der Waals surface area contributed by atoms with E-state index in [-0.39, 0.29) is 25.1 Å². The maximum Gasteiger partial charge on any atom is 0.325 e. The minimum absolute atomic E-state index is 0.0634. The molecular formula is C12H21N3O4. The normalized spacial score (nSPS) is 19.6. The van der Waals surface area contributed by atoms with E-state index in [0.29, 0.717) is 0 Å². The second-order valence-corrected chi connectivity index (χ2v) is 5.55. The number of aliphatic hydroxyl groups is 1. The molecular weight excluding hydrogens is 250 g/mol. The van der Waals surface area contributed by atoms with Crippen molar-refractivity contribution in [3.05, 3.63) is 0 Å². The molecule has 108 valence electrons. The van der Waals surface area contributed by atoms with E-state index >= 15 is 0 Å². The molecule has 3 N–H and O–H groups in total. The van der Waals surface area contributed by atoms with Gasteiger partial charge in [0, 0.05) is 0 Å². The fourth-order valence-electron chi connectivity index (χ4n) is 1.78. The third-order valence-corrected chi connectivity index (χ3v) is 3.09. The number of nitrogens with zero attached hydrogens (tertiary/aromatic N) is 1. The molecule has 7 nitrogen and oxygen atoms in total. The zero-order valence-electron chi connectivity index (χ0n) is 11.7. The van der Waals surface area contributed by atoms with Gasteiger partial charge in [0.2, 0.25) is 5.91 Å². The Bertz CT molecular complexity index is 392. The molecule has 19 heavy (non-hydrogen) atoms. The van der Waals surface area contributed by atoms with Gasteiger partial charge < -0.3 is 15.7 Å². The molecule has 0 aromatic heterocycles. The molecule has 7 heteroatoms. The summed E-state index contributed by atoms with van der Waals surface area (Å²) in [6, 6.07) is -0.962. The van der Waals surface area contributed by atoms with Crippen molar-refractivity contribution in [1.29, 1.82) is 0 Å². The Morgan fingerprint density at radius 3 is 2.37 bits per heavy atom. The minimum Gasteiger partial charge on any atom is -0.394 e. The van der Waals surface area contributed by atoms with Gasteiger partial charge in [0.15, 0.2) is 0 Å². The molecule has 1 aliphatic rings.